The number of nitro benzene ring substituents is 1. The van der Waals surface area contributed by atoms with Crippen LogP contribution in [0, 0.1) is 24.0 Å². The zero-order valence-electron chi connectivity index (χ0n) is 10.4. The Labute approximate surface area is 105 Å². The zero-order chi connectivity index (χ0) is 13.1. The Kier molecular flexibility index (Phi) is 3.32. The summed E-state index contributed by atoms with van der Waals surface area (Å²) in [6, 6.07) is 10.7. The third-order valence-electron chi connectivity index (χ3n) is 2.83. The maximum Gasteiger partial charge on any atom is 0.269 e. The molecule has 0 radical (unpaired) electrons. The van der Waals surface area contributed by atoms with Gasteiger partial charge >= 0.3 is 0 Å². The van der Waals surface area contributed by atoms with Gasteiger partial charge in [0.25, 0.3) is 5.69 Å². The van der Waals surface area contributed by atoms with Gasteiger partial charge in [0, 0.05) is 23.5 Å². The third-order valence-corrected chi connectivity index (χ3v) is 2.83. The van der Waals surface area contributed by atoms with E-state index < -0.39 is 0 Å². The molecule has 0 fully saturated rings. The Balaban J connectivity index is 2.11. The largest absolute Gasteiger partial charge is 0.322 e. The summed E-state index contributed by atoms with van der Waals surface area (Å²) in [5, 5.41) is 10.7. The second-order valence-corrected chi connectivity index (χ2v) is 4.21. The first kappa shape index (κ1) is 12.2. The van der Waals surface area contributed by atoms with Crippen LogP contribution in [-0.2, 0) is 6.54 Å². The normalized spacial score (nSPS) is 10.3. The van der Waals surface area contributed by atoms with Gasteiger partial charge in [-0.05, 0) is 31.5 Å². The van der Waals surface area contributed by atoms with E-state index in [4.69, 9.17) is 0 Å². The van der Waals surface area contributed by atoms with Crippen LogP contribution in [0.25, 0.3) is 0 Å². The molecule has 0 saturated carbocycles. The van der Waals surface area contributed by atoms with Gasteiger partial charge in [-0.1, -0.05) is 12.1 Å². The number of aromatic nitrogens is 1. The van der Waals surface area contributed by atoms with Crippen molar-refractivity contribution in [2.24, 2.45) is 0 Å². The van der Waals surface area contributed by atoms with Crippen molar-refractivity contribution in [2.75, 3.05) is 5.43 Å². The molecule has 1 aromatic carbocycles. The molecule has 0 unspecified atom stereocenters. The molecule has 1 aromatic heterocycles. The molecule has 1 heterocycles. The standard InChI is InChI=1S/C13H15N3O2/c1-10-6-7-11(2)15(10)14-9-12-4-3-5-13(8-12)16(17)18/h3-8,14H,9H2,1-2H3. The number of benzene rings is 1. The summed E-state index contributed by atoms with van der Waals surface area (Å²) in [5.41, 5.74) is 6.46. The Morgan fingerprint density at radius 1 is 1.22 bits per heavy atom. The lowest BCUT2D eigenvalue weighted by Gasteiger charge is -2.12. The fourth-order valence-electron chi connectivity index (χ4n) is 1.87. The smallest absolute Gasteiger partial charge is 0.269 e. The average Bonchev–Trinajstić information content (AvgIpc) is 2.67. The summed E-state index contributed by atoms with van der Waals surface area (Å²) >= 11 is 0. The zero-order valence-corrected chi connectivity index (χ0v) is 10.4. The van der Waals surface area contributed by atoms with Gasteiger partial charge in [0.05, 0.1) is 11.5 Å². The van der Waals surface area contributed by atoms with Gasteiger partial charge in [-0.15, -0.1) is 0 Å². The summed E-state index contributed by atoms with van der Waals surface area (Å²) in [7, 11) is 0. The quantitative estimate of drug-likeness (QED) is 0.665. The van der Waals surface area contributed by atoms with E-state index in [1.54, 1.807) is 12.1 Å². The molecular weight excluding hydrogens is 230 g/mol. The lowest BCUT2D eigenvalue weighted by atomic mass is 10.2. The number of rotatable bonds is 4. The summed E-state index contributed by atoms with van der Waals surface area (Å²) in [6.07, 6.45) is 0. The van der Waals surface area contributed by atoms with Gasteiger partial charge in [0.15, 0.2) is 0 Å². The fraction of sp³-hybridized carbons (Fsp3) is 0.231. The number of nitro groups is 1. The van der Waals surface area contributed by atoms with E-state index in [0.29, 0.717) is 6.54 Å². The van der Waals surface area contributed by atoms with E-state index in [0.717, 1.165) is 17.0 Å². The van der Waals surface area contributed by atoms with Crippen molar-refractivity contribution in [3.05, 3.63) is 63.5 Å². The lowest BCUT2D eigenvalue weighted by molar-refractivity contribution is -0.384. The number of non-ortho nitro benzene ring substituents is 1. The number of nitrogens with one attached hydrogen (secondary N) is 1. The van der Waals surface area contributed by atoms with Crippen molar-refractivity contribution in [3.8, 4) is 0 Å². The van der Waals surface area contributed by atoms with Gasteiger partial charge in [-0.2, -0.15) is 0 Å². The summed E-state index contributed by atoms with van der Waals surface area (Å²) in [4.78, 5) is 10.3. The number of nitrogens with zero attached hydrogens (tertiary/aromatic N) is 2. The van der Waals surface area contributed by atoms with Crippen molar-refractivity contribution in [1.29, 1.82) is 0 Å². The van der Waals surface area contributed by atoms with Crippen molar-refractivity contribution in [1.82, 2.24) is 4.68 Å². The minimum absolute atomic E-state index is 0.121. The van der Waals surface area contributed by atoms with E-state index in [-0.39, 0.29) is 10.6 Å². The van der Waals surface area contributed by atoms with Crippen LogP contribution in [-0.4, -0.2) is 9.60 Å². The maximum atomic E-state index is 10.7. The summed E-state index contributed by atoms with van der Waals surface area (Å²) < 4.78 is 1.97. The molecule has 5 nitrogen and oxygen atoms in total. The molecular formula is C13H15N3O2. The van der Waals surface area contributed by atoms with Gasteiger partial charge in [-0.3, -0.25) is 14.8 Å². The highest BCUT2D eigenvalue weighted by atomic mass is 16.6. The molecule has 0 bridgehead atoms. The van der Waals surface area contributed by atoms with Crippen LogP contribution in [0.15, 0.2) is 36.4 Å². The molecule has 0 spiro atoms. The van der Waals surface area contributed by atoms with Crippen LogP contribution in [0.1, 0.15) is 17.0 Å². The summed E-state index contributed by atoms with van der Waals surface area (Å²) in [6.45, 7) is 4.57. The van der Waals surface area contributed by atoms with E-state index in [2.05, 4.69) is 5.43 Å². The fourth-order valence-corrected chi connectivity index (χ4v) is 1.87. The van der Waals surface area contributed by atoms with E-state index >= 15 is 0 Å². The third kappa shape index (κ3) is 2.51. The Bertz CT molecular complexity index is 556. The highest BCUT2D eigenvalue weighted by Gasteiger charge is 2.06. The average molecular weight is 245 g/mol. The van der Waals surface area contributed by atoms with Crippen LogP contribution >= 0.6 is 0 Å². The SMILES string of the molecule is Cc1ccc(C)n1NCc1cccc([N+](=O)[O-])c1. The number of aryl methyl sites for hydroxylation is 2. The number of hydrogen-bond donors (Lipinski definition) is 1. The Morgan fingerprint density at radius 2 is 1.89 bits per heavy atom. The van der Waals surface area contributed by atoms with Gasteiger partial charge < -0.3 is 5.43 Å². The Morgan fingerprint density at radius 3 is 2.50 bits per heavy atom. The van der Waals surface area contributed by atoms with Crippen LogP contribution < -0.4 is 5.43 Å². The first-order valence-electron chi connectivity index (χ1n) is 5.70. The molecule has 1 N–H and O–H groups in total. The van der Waals surface area contributed by atoms with Gasteiger partial charge in [-0.25, -0.2) is 0 Å². The highest BCUT2D eigenvalue weighted by molar-refractivity contribution is 5.34. The Hall–Kier alpha value is -2.30. The molecule has 0 aliphatic rings. The minimum atomic E-state index is -0.379. The van der Waals surface area contributed by atoms with Crippen LogP contribution in [0.5, 0.6) is 0 Å². The van der Waals surface area contributed by atoms with Crippen molar-refractivity contribution >= 4 is 5.69 Å². The second kappa shape index (κ2) is 4.91. The van der Waals surface area contributed by atoms with E-state index in [1.165, 1.54) is 6.07 Å². The molecule has 0 saturated heterocycles. The minimum Gasteiger partial charge on any atom is -0.322 e. The first-order chi connectivity index (χ1) is 8.58. The maximum absolute atomic E-state index is 10.7. The second-order valence-electron chi connectivity index (χ2n) is 4.21. The van der Waals surface area contributed by atoms with Crippen LogP contribution in [0.2, 0.25) is 0 Å². The molecule has 0 aliphatic carbocycles. The van der Waals surface area contributed by atoms with Crippen molar-refractivity contribution in [2.45, 2.75) is 20.4 Å². The summed E-state index contributed by atoms with van der Waals surface area (Å²) in [5.74, 6) is 0. The molecule has 0 amide bonds. The van der Waals surface area contributed by atoms with Gasteiger partial charge in [0.2, 0.25) is 0 Å². The van der Waals surface area contributed by atoms with Crippen molar-refractivity contribution < 1.29 is 4.92 Å². The van der Waals surface area contributed by atoms with Crippen LogP contribution in [0.4, 0.5) is 5.69 Å². The number of hydrogen-bond acceptors (Lipinski definition) is 3. The topological polar surface area (TPSA) is 60.1 Å². The molecule has 0 aliphatic heterocycles. The predicted molar refractivity (Wildman–Crippen MR) is 70.1 cm³/mol. The molecule has 94 valence electrons. The molecule has 0 atom stereocenters. The molecule has 2 aromatic rings. The monoisotopic (exact) mass is 245 g/mol. The molecule has 2 rings (SSSR count). The molecule has 18 heavy (non-hydrogen) atoms. The van der Waals surface area contributed by atoms with Gasteiger partial charge in [0.1, 0.15) is 0 Å². The van der Waals surface area contributed by atoms with E-state index in [1.807, 2.05) is 36.7 Å². The highest BCUT2D eigenvalue weighted by Crippen LogP contribution is 2.13. The van der Waals surface area contributed by atoms with Crippen molar-refractivity contribution in [3.63, 3.8) is 0 Å². The lowest BCUT2D eigenvalue weighted by Crippen LogP contribution is -2.16. The first-order valence-corrected chi connectivity index (χ1v) is 5.70. The van der Waals surface area contributed by atoms with E-state index in [9.17, 15) is 10.1 Å². The molecule has 5 heteroatoms. The van der Waals surface area contributed by atoms with Crippen LogP contribution in [0.3, 0.4) is 0 Å². The predicted octanol–water partition coefficient (Wildman–Crippen LogP) is 2.76.